The molecule has 1 N–H and O–H groups in total. The van der Waals surface area contributed by atoms with Gasteiger partial charge in [0.15, 0.2) is 0 Å². The largest absolute Gasteiger partial charge is 0.461 e. The van der Waals surface area contributed by atoms with Crippen LogP contribution in [0, 0.1) is 5.92 Å². The van der Waals surface area contributed by atoms with E-state index in [2.05, 4.69) is 11.9 Å². The van der Waals surface area contributed by atoms with Crippen LogP contribution in [0.2, 0.25) is 0 Å². The van der Waals surface area contributed by atoms with Crippen LogP contribution in [-0.4, -0.2) is 25.7 Å². The molecule has 0 aromatic heterocycles. The second-order valence-corrected chi connectivity index (χ2v) is 5.12. The summed E-state index contributed by atoms with van der Waals surface area (Å²) >= 11 is 0. The van der Waals surface area contributed by atoms with Gasteiger partial charge in [-0.15, -0.1) is 0 Å². The van der Waals surface area contributed by atoms with Crippen LogP contribution in [0.3, 0.4) is 0 Å². The maximum atomic E-state index is 10.8. The van der Waals surface area contributed by atoms with Gasteiger partial charge in [0.2, 0.25) is 0 Å². The summed E-state index contributed by atoms with van der Waals surface area (Å²) in [5.74, 6) is 0.654. The van der Waals surface area contributed by atoms with Crippen LogP contribution >= 0.6 is 0 Å². The molecule has 0 heterocycles. The zero-order valence-corrected chi connectivity index (χ0v) is 11.5. The normalized spacial score (nSPS) is 16.4. The minimum Gasteiger partial charge on any atom is -0.461 e. The molecule has 1 fully saturated rings. The standard InChI is InChI=1S/C15H27NO2/c1-2-15(17)18-13-12-16-11-7-6-10-14-8-4-3-5-9-14/h2,14,16H,1,3-13H2. The number of carbonyl (C=O) groups is 1. The summed E-state index contributed by atoms with van der Waals surface area (Å²) < 4.78 is 4.87. The highest BCUT2D eigenvalue weighted by atomic mass is 16.5. The molecule has 0 saturated heterocycles. The number of hydrogen-bond acceptors (Lipinski definition) is 3. The Kier molecular flexibility index (Phi) is 8.57. The van der Waals surface area contributed by atoms with Gasteiger partial charge in [0.25, 0.3) is 0 Å². The molecule has 3 nitrogen and oxygen atoms in total. The molecule has 1 aliphatic rings. The molecule has 1 aliphatic carbocycles. The lowest BCUT2D eigenvalue weighted by Crippen LogP contribution is -2.22. The Bertz CT molecular complexity index is 235. The van der Waals surface area contributed by atoms with Gasteiger partial charge in [-0.3, -0.25) is 0 Å². The highest BCUT2D eigenvalue weighted by Crippen LogP contribution is 2.27. The molecule has 0 radical (unpaired) electrons. The average Bonchev–Trinajstić information content (AvgIpc) is 2.42. The molecule has 1 saturated carbocycles. The monoisotopic (exact) mass is 253 g/mol. The fourth-order valence-corrected chi connectivity index (χ4v) is 2.57. The van der Waals surface area contributed by atoms with E-state index >= 15 is 0 Å². The third-order valence-corrected chi connectivity index (χ3v) is 3.63. The minimum absolute atomic E-state index is 0.339. The van der Waals surface area contributed by atoms with Gasteiger partial charge < -0.3 is 10.1 Å². The van der Waals surface area contributed by atoms with Crippen molar-refractivity contribution in [2.24, 2.45) is 5.92 Å². The van der Waals surface area contributed by atoms with Crippen LogP contribution in [0.15, 0.2) is 12.7 Å². The smallest absolute Gasteiger partial charge is 0.330 e. The van der Waals surface area contributed by atoms with Crippen LogP contribution in [0.1, 0.15) is 51.4 Å². The van der Waals surface area contributed by atoms with E-state index in [-0.39, 0.29) is 5.97 Å². The molecule has 104 valence electrons. The summed E-state index contributed by atoms with van der Waals surface area (Å²) in [6.45, 7) is 5.55. The van der Waals surface area contributed by atoms with E-state index in [0.29, 0.717) is 6.61 Å². The molecule has 0 unspecified atom stereocenters. The maximum Gasteiger partial charge on any atom is 0.330 e. The molecule has 0 aliphatic heterocycles. The van der Waals surface area contributed by atoms with E-state index < -0.39 is 0 Å². The molecule has 3 heteroatoms. The van der Waals surface area contributed by atoms with Gasteiger partial charge in [-0.2, -0.15) is 0 Å². The predicted molar refractivity (Wildman–Crippen MR) is 74.5 cm³/mol. The van der Waals surface area contributed by atoms with Crippen molar-refractivity contribution in [1.29, 1.82) is 0 Å². The van der Waals surface area contributed by atoms with E-state index in [9.17, 15) is 4.79 Å². The Morgan fingerprint density at radius 3 is 2.72 bits per heavy atom. The first-order valence-electron chi connectivity index (χ1n) is 7.33. The summed E-state index contributed by atoms with van der Waals surface area (Å²) in [6.07, 6.45) is 12.4. The van der Waals surface area contributed by atoms with Crippen LogP contribution in [0.25, 0.3) is 0 Å². The zero-order valence-electron chi connectivity index (χ0n) is 11.5. The summed E-state index contributed by atoms with van der Waals surface area (Å²) in [5, 5.41) is 3.29. The number of carbonyl (C=O) groups excluding carboxylic acids is 1. The van der Waals surface area contributed by atoms with Crippen molar-refractivity contribution in [3.8, 4) is 0 Å². The number of nitrogens with one attached hydrogen (secondary N) is 1. The minimum atomic E-state index is -0.339. The third kappa shape index (κ3) is 7.49. The van der Waals surface area contributed by atoms with Crippen LogP contribution in [0.4, 0.5) is 0 Å². The number of ether oxygens (including phenoxy) is 1. The van der Waals surface area contributed by atoms with E-state index in [1.165, 1.54) is 57.4 Å². The lowest BCUT2D eigenvalue weighted by Gasteiger charge is -2.21. The molecular weight excluding hydrogens is 226 g/mol. The van der Waals surface area contributed by atoms with Crippen molar-refractivity contribution in [1.82, 2.24) is 5.32 Å². The Morgan fingerprint density at radius 1 is 1.22 bits per heavy atom. The zero-order chi connectivity index (χ0) is 13.1. The fraction of sp³-hybridized carbons (Fsp3) is 0.800. The molecule has 18 heavy (non-hydrogen) atoms. The number of unbranched alkanes of at least 4 members (excludes halogenated alkanes) is 1. The molecule has 0 bridgehead atoms. The lowest BCUT2D eigenvalue weighted by atomic mass is 9.86. The van der Waals surface area contributed by atoms with E-state index in [4.69, 9.17) is 4.74 Å². The van der Waals surface area contributed by atoms with Gasteiger partial charge in [-0.25, -0.2) is 4.79 Å². The van der Waals surface area contributed by atoms with Crippen molar-refractivity contribution >= 4 is 5.97 Å². The second kappa shape index (κ2) is 10.1. The number of rotatable bonds is 9. The maximum absolute atomic E-state index is 10.8. The molecule has 0 aromatic rings. The summed E-state index contributed by atoms with van der Waals surface area (Å²) in [7, 11) is 0. The first-order valence-corrected chi connectivity index (χ1v) is 7.33. The predicted octanol–water partition coefficient (Wildman–Crippen LogP) is 3.06. The molecule has 0 spiro atoms. The first kappa shape index (κ1) is 15.2. The Balaban J connectivity index is 1.80. The lowest BCUT2D eigenvalue weighted by molar-refractivity contribution is -0.137. The quantitative estimate of drug-likeness (QED) is 0.390. The van der Waals surface area contributed by atoms with E-state index in [1.54, 1.807) is 0 Å². The number of esters is 1. The van der Waals surface area contributed by atoms with Gasteiger partial charge in [0, 0.05) is 12.6 Å². The Morgan fingerprint density at radius 2 is 2.00 bits per heavy atom. The summed E-state index contributed by atoms with van der Waals surface area (Å²) in [6, 6.07) is 0. The van der Waals surface area contributed by atoms with Crippen molar-refractivity contribution < 1.29 is 9.53 Å². The molecule has 0 aromatic carbocycles. The van der Waals surface area contributed by atoms with Gasteiger partial charge in [0.1, 0.15) is 6.61 Å². The Labute approximate surface area is 111 Å². The van der Waals surface area contributed by atoms with E-state index in [1.807, 2.05) is 0 Å². The van der Waals surface area contributed by atoms with E-state index in [0.717, 1.165) is 19.0 Å². The topological polar surface area (TPSA) is 38.3 Å². The van der Waals surface area contributed by atoms with Crippen molar-refractivity contribution in [3.05, 3.63) is 12.7 Å². The van der Waals surface area contributed by atoms with Crippen molar-refractivity contribution in [3.63, 3.8) is 0 Å². The SMILES string of the molecule is C=CC(=O)OCCNCCCCC1CCCCC1. The van der Waals surface area contributed by atoms with Gasteiger partial charge in [-0.05, 0) is 18.9 Å². The van der Waals surface area contributed by atoms with Crippen LogP contribution in [0.5, 0.6) is 0 Å². The average molecular weight is 253 g/mol. The first-order chi connectivity index (χ1) is 8.83. The molecule has 0 amide bonds. The molecule has 1 rings (SSSR count). The summed E-state index contributed by atoms with van der Waals surface area (Å²) in [4.78, 5) is 10.8. The second-order valence-electron chi connectivity index (χ2n) is 5.12. The van der Waals surface area contributed by atoms with Gasteiger partial charge in [0.05, 0.1) is 0 Å². The number of hydrogen-bond donors (Lipinski definition) is 1. The van der Waals surface area contributed by atoms with Crippen LogP contribution in [-0.2, 0) is 9.53 Å². The Hall–Kier alpha value is -0.830. The van der Waals surface area contributed by atoms with Gasteiger partial charge >= 0.3 is 5.97 Å². The third-order valence-electron chi connectivity index (χ3n) is 3.63. The van der Waals surface area contributed by atoms with Gasteiger partial charge in [-0.1, -0.05) is 51.5 Å². The summed E-state index contributed by atoms with van der Waals surface area (Å²) in [5.41, 5.74) is 0. The van der Waals surface area contributed by atoms with Crippen molar-refractivity contribution in [2.75, 3.05) is 19.7 Å². The van der Waals surface area contributed by atoms with Crippen LogP contribution < -0.4 is 5.32 Å². The molecule has 0 atom stereocenters. The highest BCUT2D eigenvalue weighted by Gasteiger charge is 2.12. The molecular formula is C15H27NO2. The highest BCUT2D eigenvalue weighted by molar-refractivity contribution is 5.81. The van der Waals surface area contributed by atoms with Crippen molar-refractivity contribution in [2.45, 2.75) is 51.4 Å². The fourth-order valence-electron chi connectivity index (χ4n) is 2.57.